The Bertz CT molecular complexity index is 775. The monoisotopic (exact) mass is 339 g/mol. The van der Waals surface area contributed by atoms with Crippen molar-refractivity contribution >= 4 is 16.8 Å². The van der Waals surface area contributed by atoms with Gasteiger partial charge in [0, 0.05) is 40.3 Å². The second-order valence-corrected chi connectivity index (χ2v) is 7.86. The molecular formula is C21H29N3O. The van der Waals surface area contributed by atoms with E-state index in [1.165, 1.54) is 29.5 Å². The standard InChI is InChI=1S/C21H29N3O/c1-3-13(2)22-16-8-10-20-18(12-16)17-11-14(7-9-19(17)24-20)21(25)23-15-5-4-6-15/h7,9,11,13,15-16,22,24H,3-6,8,10,12H2,1-2H3,(H,23,25). The smallest absolute Gasteiger partial charge is 0.251 e. The number of aromatic nitrogens is 1. The molecule has 0 saturated heterocycles. The van der Waals surface area contributed by atoms with Crippen LogP contribution < -0.4 is 10.6 Å². The van der Waals surface area contributed by atoms with Gasteiger partial charge in [0.1, 0.15) is 0 Å². The topological polar surface area (TPSA) is 56.9 Å². The van der Waals surface area contributed by atoms with Crippen LogP contribution in [0.1, 0.15) is 67.6 Å². The summed E-state index contributed by atoms with van der Waals surface area (Å²) in [6.45, 7) is 4.48. The van der Waals surface area contributed by atoms with Crippen LogP contribution in [0.5, 0.6) is 0 Å². The summed E-state index contributed by atoms with van der Waals surface area (Å²) in [5, 5.41) is 8.13. The van der Waals surface area contributed by atoms with E-state index < -0.39 is 0 Å². The highest BCUT2D eigenvalue weighted by atomic mass is 16.1. The van der Waals surface area contributed by atoms with E-state index in [1.54, 1.807) is 0 Å². The predicted octanol–water partition coefficient (Wildman–Crippen LogP) is 3.70. The number of amides is 1. The fourth-order valence-electron chi connectivity index (χ4n) is 4.04. The Kier molecular flexibility index (Phi) is 4.55. The first-order chi connectivity index (χ1) is 12.1. The van der Waals surface area contributed by atoms with Crippen LogP contribution in [0, 0.1) is 0 Å². The molecular weight excluding hydrogens is 310 g/mol. The Morgan fingerprint density at radius 2 is 2.12 bits per heavy atom. The third-order valence-electron chi connectivity index (χ3n) is 6.02. The number of carbonyl (C=O) groups excluding carboxylic acids is 1. The normalized spacial score (nSPS) is 21.6. The maximum absolute atomic E-state index is 12.5. The highest BCUT2D eigenvalue weighted by molar-refractivity contribution is 5.99. The van der Waals surface area contributed by atoms with Gasteiger partial charge in [0.25, 0.3) is 5.91 Å². The number of aryl methyl sites for hydroxylation is 1. The van der Waals surface area contributed by atoms with Crippen molar-refractivity contribution < 1.29 is 4.79 Å². The molecule has 4 nitrogen and oxygen atoms in total. The minimum absolute atomic E-state index is 0.0756. The van der Waals surface area contributed by atoms with Crippen molar-refractivity contribution in [3.8, 4) is 0 Å². The van der Waals surface area contributed by atoms with E-state index >= 15 is 0 Å². The van der Waals surface area contributed by atoms with Crippen LogP contribution in [0.15, 0.2) is 18.2 Å². The number of hydrogen-bond donors (Lipinski definition) is 3. The molecule has 2 aliphatic rings. The number of rotatable bonds is 5. The van der Waals surface area contributed by atoms with E-state index in [0.29, 0.717) is 18.1 Å². The fraction of sp³-hybridized carbons (Fsp3) is 0.571. The van der Waals surface area contributed by atoms with Gasteiger partial charge in [-0.05, 0) is 75.6 Å². The minimum Gasteiger partial charge on any atom is -0.358 e. The number of benzene rings is 1. The zero-order valence-electron chi connectivity index (χ0n) is 15.3. The van der Waals surface area contributed by atoms with Gasteiger partial charge in [-0.1, -0.05) is 6.92 Å². The van der Waals surface area contributed by atoms with Crippen molar-refractivity contribution in [1.82, 2.24) is 15.6 Å². The quantitative estimate of drug-likeness (QED) is 0.778. The number of nitrogens with one attached hydrogen (secondary N) is 3. The van der Waals surface area contributed by atoms with Gasteiger partial charge in [-0.15, -0.1) is 0 Å². The van der Waals surface area contributed by atoms with E-state index in [2.05, 4.69) is 41.6 Å². The molecule has 1 heterocycles. The molecule has 134 valence electrons. The molecule has 0 spiro atoms. The molecule has 1 aromatic carbocycles. The minimum atomic E-state index is 0.0756. The molecule has 25 heavy (non-hydrogen) atoms. The largest absolute Gasteiger partial charge is 0.358 e. The maximum atomic E-state index is 12.5. The van der Waals surface area contributed by atoms with E-state index in [-0.39, 0.29) is 5.91 Å². The van der Waals surface area contributed by atoms with Gasteiger partial charge in [0.15, 0.2) is 0 Å². The SMILES string of the molecule is CCC(C)NC1CCc2[nH]c3ccc(C(=O)NC4CCC4)cc3c2C1. The number of H-pyrrole nitrogens is 1. The van der Waals surface area contributed by atoms with Crippen LogP contribution >= 0.6 is 0 Å². The average molecular weight is 339 g/mol. The third-order valence-corrected chi connectivity index (χ3v) is 6.02. The molecule has 0 bridgehead atoms. The molecule has 0 aliphatic heterocycles. The molecule has 3 N–H and O–H groups in total. The summed E-state index contributed by atoms with van der Waals surface area (Å²) in [5.41, 5.74) is 4.71. The zero-order chi connectivity index (χ0) is 17.4. The molecule has 4 rings (SSSR count). The van der Waals surface area contributed by atoms with Crippen LogP contribution in [0.2, 0.25) is 0 Å². The lowest BCUT2D eigenvalue weighted by atomic mass is 9.90. The average Bonchev–Trinajstić information content (AvgIpc) is 2.95. The van der Waals surface area contributed by atoms with Gasteiger partial charge in [0.2, 0.25) is 0 Å². The van der Waals surface area contributed by atoms with E-state index in [4.69, 9.17) is 0 Å². The van der Waals surface area contributed by atoms with Crippen molar-refractivity contribution in [3.63, 3.8) is 0 Å². The molecule has 4 heteroatoms. The van der Waals surface area contributed by atoms with Gasteiger partial charge >= 0.3 is 0 Å². The fourth-order valence-corrected chi connectivity index (χ4v) is 4.04. The molecule has 1 amide bonds. The highest BCUT2D eigenvalue weighted by Gasteiger charge is 2.24. The molecule has 1 aromatic heterocycles. The summed E-state index contributed by atoms with van der Waals surface area (Å²) in [4.78, 5) is 16.1. The first-order valence-electron chi connectivity index (χ1n) is 9.84. The van der Waals surface area contributed by atoms with Crippen LogP contribution in [0.4, 0.5) is 0 Å². The van der Waals surface area contributed by atoms with Crippen molar-refractivity contribution in [2.75, 3.05) is 0 Å². The van der Waals surface area contributed by atoms with Crippen LogP contribution in [0.3, 0.4) is 0 Å². The molecule has 1 saturated carbocycles. The lowest BCUT2D eigenvalue weighted by molar-refractivity contribution is 0.0917. The van der Waals surface area contributed by atoms with Crippen molar-refractivity contribution in [2.24, 2.45) is 0 Å². The zero-order valence-corrected chi connectivity index (χ0v) is 15.3. The highest BCUT2D eigenvalue weighted by Crippen LogP contribution is 2.30. The van der Waals surface area contributed by atoms with Crippen LogP contribution in [-0.2, 0) is 12.8 Å². The Hall–Kier alpha value is -1.81. The number of hydrogen-bond acceptors (Lipinski definition) is 2. The van der Waals surface area contributed by atoms with Gasteiger partial charge < -0.3 is 15.6 Å². The summed E-state index contributed by atoms with van der Waals surface area (Å²) in [7, 11) is 0. The summed E-state index contributed by atoms with van der Waals surface area (Å²) in [5.74, 6) is 0.0756. The lowest BCUT2D eigenvalue weighted by Gasteiger charge is -2.27. The first-order valence-corrected chi connectivity index (χ1v) is 9.84. The van der Waals surface area contributed by atoms with Gasteiger partial charge in [-0.25, -0.2) is 0 Å². The van der Waals surface area contributed by atoms with E-state index in [9.17, 15) is 4.79 Å². The summed E-state index contributed by atoms with van der Waals surface area (Å²) in [6, 6.07) is 7.58. The Balaban J connectivity index is 1.57. The summed E-state index contributed by atoms with van der Waals surface area (Å²) in [6.07, 6.45) is 7.95. The second kappa shape index (κ2) is 6.83. The van der Waals surface area contributed by atoms with Gasteiger partial charge in [-0.3, -0.25) is 4.79 Å². The molecule has 0 radical (unpaired) electrons. The van der Waals surface area contributed by atoms with Crippen molar-refractivity contribution in [1.29, 1.82) is 0 Å². The van der Waals surface area contributed by atoms with Gasteiger partial charge in [-0.2, -0.15) is 0 Å². The van der Waals surface area contributed by atoms with Crippen molar-refractivity contribution in [2.45, 2.75) is 76.9 Å². The Labute approximate surface area is 149 Å². The molecule has 2 atom stereocenters. The Morgan fingerprint density at radius 3 is 2.84 bits per heavy atom. The predicted molar refractivity (Wildman–Crippen MR) is 102 cm³/mol. The molecule has 2 aliphatic carbocycles. The van der Waals surface area contributed by atoms with Crippen LogP contribution in [-0.4, -0.2) is 29.0 Å². The van der Waals surface area contributed by atoms with Crippen molar-refractivity contribution in [3.05, 3.63) is 35.0 Å². The maximum Gasteiger partial charge on any atom is 0.251 e. The van der Waals surface area contributed by atoms with E-state index in [0.717, 1.165) is 43.2 Å². The molecule has 2 aromatic rings. The summed E-state index contributed by atoms with van der Waals surface area (Å²) < 4.78 is 0. The number of aromatic amines is 1. The number of carbonyl (C=O) groups is 1. The van der Waals surface area contributed by atoms with Gasteiger partial charge in [0.05, 0.1) is 0 Å². The molecule has 2 unspecified atom stereocenters. The third kappa shape index (κ3) is 3.32. The molecule has 1 fully saturated rings. The van der Waals surface area contributed by atoms with Crippen LogP contribution in [0.25, 0.3) is 10.9 Å². The van der Waals surface area contributed by atoms with E-state index in [1.807, 2.05) is 6.07 Å². The lowest BCUT2D eigenvalue weighted by Crippen LogP contribution is -2.39. The first kappa shape index (κ1) is 16.6. The second-order valence-electron chi connectivity index (χ2n) is 7.86. The Morgan fingerprint density at radius 1 is 1.28 bits per heavy atom. The number of fused-ring (bicyclic) bond motifs is 3. The summed E-state index contributed by atoms with van der Waals surface area (Å²) >= 11 is 0.